The van der Waals surface area contributed by atoms with E-state index in [0.717, 1.165) is 6.42 Å². The standard InChI is InChI=1S/C31H65ClOSi/c1-34(2,32)31-29-27-25-23-21-19-17-15-13-11-9-7-5-3-4-6-8-10-12-14-16-18-20-22-24-26-28-30-33/h33H,3-31H2,1-2H3. The molecule has 0 aromatic rings. The lowest BCUT2D eigenvalue weighted by Crippen LogP contribution is -2.14. The number of halogens is 1. The van der Waals surface area contributed by atoms with Crippen molar-refractivity contribution < 1.29 is 5.11 Å². The van der Waals surface area contributed by atoms with Crippen LogP contribution in [0.2, 0.25) is 19.1 Å². The van der Waals surface area contributed by atoms with Gasteiger partial charge in [0.05, 0.1) is 0 Å². The summed E-state index contributed by atoms with van der Waals surface area (Å²) in [6.07, 6.45) is 38.3. The van der Waals surface area contributed by atoms with Crippen LogP contribution in [0.3, 0.4) is 0 Å². The van der Waals surface area contributed by atoms with Crippen LogP contribution in [0.5, 0.6) is 0 Å². The van der Waals surface area contributed by atoms with Crippen LogP contribution in [-0.4, -0.2) is 19.1 Å². The van der Waals surface area contributed by atoms with Gasteiger partial charge in [0.25, 0.3) is 0 Å². The molecule has 1 N–H and O–H groups in total. The minimum atomic E-state index is -1.31. The first-order valence-electron chi connectivity index (χ1n) is 15.9. The highest BCUT2D eigenvalue weighted by Crippen LogP contribution is 2.20. The molecule has 0 unspecified atom stereocenters. The lowest BCUT2D eigenvalue weighted by molar-refractivity contribution is 0.282. The fraction of sp³-hybridized carbons (Fsp3) is 1.00. The minimum absolute atomic E-state index is 0.372. The molecule has 0 heterocycles. The van der Waals surface area contributed by atoms with E-state index in [1.807, 2.05) is 0 Å². The molecule has 0 saturated carbocycles. The summed E-state index contributed by atoms with van der Waals surface area (Å²) >= 11 is 6.38. The van der Waals surface area contributed by atoms with Crippen LogP contribution in [0.4, 0.5) is 0 Å². The van der Waals surface area contributed by atoms with Crippen LogP contribution >= 0.6 is 11.1 Å². The van der Waals surface area contributed by atoms with E-state index in [-0.39, 0.29) is 0 Å². The van der Waals surface area contributed by atoms with Crippen molar-refractivity contribution >= 4 is 18.5 Å². The third kappa shape index (κ3) is 32.5. The number of aliphatic hydroxyl groups is 1. The predicted molar refractivity (Wildman–Crippen MR) is 160 cm³/mol. The molecule has 34 heavy (non-hydrogen) atoms. The second-order valence-corrected chi connectivity index (χ2v) is 18.7. The van der Waals surface area contributed by atoms with Crippen molar-refractivity contribution in [1.29, 1.82) is 0 Å². The zero-order valence-electron chi connectivity index (χ0n) is 23.8. The zero-order valence-corrected chi connectivity index (χ0v) is 25.6. The highest BCUT2D eigenvalue weighted by Gasteiger charge is 2.15. The van der Waals surface area contributed by atoms with Gasteiger partial charge in [-0.25, -0.2) is 0 Å². The Kier molecular flexibility index (Phi) is 28.4. The molecule has 3 heteroatoms. The first-order chi connectivity index (χ1) is 16.6. The second-order valence-electron chi connectivity index (χ2n) is 11.7. The third-order valence-electron chi connectivity index (χ3n) is 7.43. The molecule has 0 spiro atoms. The maximum absolute atomic E-state index is 8.77. The number of rotatable bonds is 29. The summed E-state index contributed by atoms with van der Waals surface area (Å²) in [5, 5.41) is 8.77. The van der Waals surface area contributed by atoms with Gasteiger partial charge in [0.1, 0.15) is 7.38 Å². The molecule has 0 aliphatic rings. The zero-order chi connectivity index (χ0) is 25.0. The molecule has 0 radical (unpaired) electrons. The Hall–Kier alpha value is 0.467. The first kappa shape index (κ1) is 34.5. The van der Waals surface area contributed by atoms with Crippen LogP contribution in [-0.2, 0) is 0 Å². The maximum Gasteiger partial charge on any atom is 0.150 e. The fourth-order valence-electron chi connectivity index (χ4n) is 5.08. The third-order valence-corrected chi connectivity index (χ3v) is 9.54. The van der Waals surface area contributed by atoms with Gasteiger partial charge in [-0.3, -0.25) is 0 Å². The molecule has 0 aliphatic carbocycles. The summed E-state index contributed by atoms with van der Waals surface area (Å²) in [4.78, 5) is 0. The Balaban J connectivity index is 3.03. The molecule has 206 valence electrons. The highest BCUT2D eigenvalue weighted by molar-refractivity contribution is 7.19. The molecule has 0 bridgehead atoms. The molecule has 0 aliphatic heterocycles. The molecular weight excluding hydrogens is 452 g/mol. The lowest BCUT2D eigenvalue weighted by atomic mass is 10.0. The molecule has 1 nitrogen and oxygen atoms in total. The molecule has 0 atom stereocenters. The van der Waals surface area contributed by atoms with Crippen LogP contribution in [0.1, 0.15) is 173 Å². The van der Waals surface area contributed by atoms with Gasteiger partial charge in [-0.1, -0.05) is 180 Å². The van der Waals surface area contributed by atoms with Gasteiger partial charge in [-0.2, -0.15) is 11.1 Å². The quantitative estimate of drug-likeness (QED) is 0.0594. The van der Waals surface area contributed by atoms with E-state index in [2.05, 4.69) is 13.1 Å². The largest absolute Gasteiger partial charge is 0.396 e. The van der Waals surface area contributed by atoms with E-state index < -0.39 is 7.38 Å². The van der Waals surface area contributed by atoms with E-state index in [1.165, 1.54) is 173 Å². The molecule has 0 saturated heterocycles. The van der Waals surface area contributed by atoms with Crippen LogP contribution in [0.15, 0.2) is 0 Å². The van der Waals surface area contributed by atoms with Gasteiger partial charge in [0.2, 0.25) is 0 Å². The Morgan fingerprint density at radius 2 is 0.529 bits per heavy atom. The molecule has 0 aromatic carbocycles. The molecule has 0 amide bonds. The SMILES string of the molecule is C[Si](C)(Cl)CCCCCCCCCCCCCCCCCCCCCCCCCCCCCO. The average molecular weight is 517 g/mol. The molecular formula is C31H65ClOSi. The summed E-state index contributed by atoms with van der Waals surface area (Å²) in [5.41, 5.74) is 0. The highest BCUT2D eigenvalue weighted by atomic mass is 35.6. The van der Waals surface area contributed by atoms with E-state index in [9.17, 15) is 0 Å². The first-order valence-corrected chi connectivity index (χ1v) is 20.1. The number of hydrogen-bond donors (Lipinski definition) is 1. The average Bonchev–Trinajstić information content (AvgIpc) is 2.80. The van der Waals surface area contributed by atoms with Crippen molar-refractivity contribution in [3.05, 3.63) is 0 Å². The van der Waals surface area contributed by atoms with Crippen molar-refractivity contribution in [1.82, 2.24) is 0 Å². The summed E-state index contributed by atoms with van der Waals surface area (Å²) in [7, 11) is -1.31. The monoisotopic (exact) mass is 516 g/mol. The van der Waals surface area contributed by atoms with Crippen LogP contribution in [0.25, 0.3) is 0 Å². The van der Waals surface area contributed by atoms with Gasteiger partial charge in [-0.15, -0.1) is 0 Å². The van der Waals surface area contributed by atoms with Crippen molar-refractivity contribution in [3.8, 4) is 0 Å². The summed E-state index contributed by atoms with van der Waals surface area (Å²) in [5.74, 6) is 0. The van der Waals surface area contributed by atoms with E-state index in [4.69, 9.17) is 16.2 Å². The number of hydrogen-bond acceptors (Lipinski definition) is 1. The van der Waals surface area contributed by atoms with Crippen LogP contribution < -0.4 is 0 Å². The van der Waals surface area contributed by atoms with Crippen LogP contribution in [0, 0.1) is 0 Å². The van der Waals surface area contributed by atoms with Gasteiger partial charge in [0, 0.05) is 6.61 Å². The molecule has 0 rings (SSSR count). The van der Waals surface area contributed by atoms with Gasteiger partial charge < -0.3 is 5.11 Å². The minimum Gasteiger partial charge on any atom is -0.396 e. The Bertz CT molecular complexity index is 369. The molecule has 0 aromatic heterocycles. The van der Waals surface area contributed by atoms with Gasteiger partial charge in [0.15, 0.2) is 0 Å². The van der Waals surface area contributed by atoms with Crippen molar-refractivity contribution in [2.24, 2.45) is 0 Å². The Morgan fingerprint density at radius 1 is 0.353 bits per heavy atom. The van der Waals surface area contributed by atoms with E-state index >= 15 is 0 Å². The number of unbranched alkanes of at least 4 members (excludes halogenated alkanes) is 26. The Labute approximate surface area is 222 Å². The second kappa shape index (κ2) is 28.0. The summed E-state index contributed by atoms with van der Waals surface area (Å²) < 4.78 is 0. The van der Waals surface area contributed by atoms with E-state index in [1.54, 1.807) is 0 Å². The fourth-order valence-corrected chi connectivity index (χ4v) is 6.57. The molecule has 0 fully saturated rings. The smallest absolute Gasteiger partial charge is 0.150 e. The summed E-state index contributed by atoms with van der Waals surface area (Å²) in [6, 6.07) is 1.30. The van der Waals surface area contributed by atoms with Crippen molar-refractivity contribution in [3.63, 3.8) is 0 Å². The van der Waals surface area contributed by atoms with Gasteiger partial charge in [-0.05, 0) is 12.5 Å². The van der Waals surface area contributed by atoms with E-state index in [0.29, 0.717) is 6.61 Å². The predicted octanol–water partition coefficient (Wildman–Crippen LogP) is 12.0. The lowest BCUT2D eigenvalue weighted by Gasteiger charge is -2.11. The van der Waals surface area contributed by atoms with Crippen molar-refractivity contribution in [2.45, 2.75) is 193 Å². The normalized spacial score (nSPS) is 12.0. The topological polar surface area (TPSA) is 20.2 Å². The van der Waals surface area contributed by atoms with Crippen molar-refractivity contribution in [2.75, 3.05) is 6.61 Å². The van der Waals surface area contributed by atoms with Gasteiger partial charge >= 0.3 is 0 Å². The summed E-state index contributed by atoms with van der Waals surface area (Å²) in [6.45, 7) is 4.91. The maximum atomic E-state index is 8.77. The number of aliphatic hydroxyl groups excluding tert-OH is 1. The Morgan fingerprint density at radius 3 is 0.706 bits per heavy atom.